The lowest BCUT2D eigenvalue weighted by molar-refractivity contribution is 0.0870. The molecule has 1 aromatic heterocycles. The van der Waals surface area contributed by atoms with Crippen molar-refractivity contribution in [1.82, 2.24) is 15.1 Å². The fraction of sp³-hybridized carbons (Fsp3) is 0.400. The molecule has 1 aliphatic heterocycles. The fourth-order valence-corrected chi connectivity index (χ4v) is 3.31. The summed E-state index contributed by atoms with van der Waals surface area (Å²) < 4.78 is 5.35. The highest BCUT2D eigenvalue weighted by atomic mass is 32.1. The van der Waals surface area contributed by atoms with Crippen molar-refractivity contribution < 1.29 is 9.53 Å². The van der Waals surface area contributed by atoms with Gasteiger partial charge in [0.1, 0.15) is 11.6 Å². The molecule has 0 spiro atoms. The van der Waals surface area contributed by atoms with E-state index in [4.69, 9.17) is 10.5 Å². The highest BCUT2D eigenvalue weighted by Crippen LogP contribution is 2.30. The first-order valence-electron chi connectivity index (χ1n) is 7.27. The van der Waals surface area contributed by atoms with Crippen LogP contribution in [0, 0.1) is 0 Å². The number of nitrogens with zero attached hydrogens (tertiary/aromatic N) is 3. The molecule has 0 radical (unpaired) electrons. The van der Waals surface area contributed by atoms with Gasteiger partial charge in [0, 0.05) is 19.0 Å². The van der Waals surface area contributed by atoms with Gasteiger partial charge in [-0.15, -0.1) is 10.2 Å². The monoisotopic (exact) mass is 318 g/mol. The molecule has 1 aliphatic rings. The largest absolute Gasteiger partial charge is 0.445 e. The third kappa shape index (κ3) is 3.54. The molecule has 3 rings (SSSR count). The second-order valence-electron chi connectivity index (χ2n) is 5.28. The van der Waals surface area contributed by atoms with Crippen LogP contribution in [0.3, 0.4) is 0 Å². The Kier molecular flexibility index (Phi) is 4.53. The van der Waals surface area contributed by atoms with Crippen LogP contribution < -0.4 is 5.73 Å². The van der Waals surface area contributed by atoms with E-state index in [0.717, 1.165) is 23.4 Å². The molecule has 6 nitrogen and oxygen atoms in total. The maximum Gasteiger partial charge on any atom is 0.410 e. The van der Waals surface area contributed by atoms with Crippen LogP contribution in [0.5, 0.6) is 0 Å². The fourth-order valence-electron chi connectivity index (χ4n) is 2.53. The molecule has 0 unspecified atom stereocenters. The minimum atomic E-state index is -0.251. The molecule has 1 fully saturated rings. The molecular formula is C15H18N4O2S. The van der Waals surface area contributed by atoms with Gasteiger partial charge in [0.15, 0.2) is 0 Å². The summed E-state index contributed by atoms with van der Waals surface area (Å²) in [4.78, 5) is 13.8. The zero-order chi connectivity index (χ0) is 15.4. The zero-order valence-electron chi connectivity index (χ0n) is 12.1. The average Bonchev–Trinajstić information content (AvgIpc) is 3.00. The third-order valence-corrected chi connectivity index (χ3v) is 4.68. The maximum absolute atomic E-state index is 12.1. The number of hydrogen-bond donors (Lipinski definition) is 1. The van der Waals surface area contributed by atoms with Crippen molar-refractivity contribution in [2.24, 2.45) is 0 Å². The van der Waals surface area contributed by atoms with Gasteiger partial charge >= 0.3 is 6.09 Å². The standard InChI is InChI=1S/C15H18N4O2S/c16-14-18-17-13(22-14)12-6-8-19(9-7-12)15(20)21-10-11-4-2-1-3-5-11/h1-5,12H,6-10H2,(H2,16,18). The Labute approximate surface area is 132 Å². The third-order valence-electron chi connectivity index (χ3n) is 3.76. The topological polar surface area (TPSA) is 81.3 Å². The number of nitrogen functional groups attached to an aromatic ring is 1. The van der Waals surface area contributed by atoms with E-state index in [9.17, 15) is 4.79 Å². The summed E-state index contributed by atoms with van der Waals surface area (Å²) in [6, 6.07) is 9.69. The van der Waals surface area contributed by atoms with E-state index < -0.39 is 0 Å². The second kappa shape index (κ2) is 6.74. The smallest absolute Gasteiger partial charge is 0.410 e. The first-order valence-corrected chi connectivity index (χ1v) is 8.08. The van der Waals surface area contributed by atoms with E-state index in [1.807, 2.05) is 30.3 Å². The molecule has 0 saturated carbocycles. The Morgan fingerprint density at radius 2 is 2.00 bits per heavy atom. The SMILES string of the molecule is Nc1nnc(C2CCN(C(=O)OCc3ccccc3)CC2)s1. The van der Waals surface area contributed by atoms with Crippen molar-refractivity contribution in [2.45, 2.75) is 25.4 Å². The van der Waals surface area contributed by atoms with Crippen molar-refractivity contribution >= 4 is 22.6 Å². The molecule has 1 aromatic carbocycles. The van der Waals surface area contributed by atoms with Gasteiger partial charge in [-0.25, -0.2) is 4.79 Å². The lowest BCUT2D eigenvalue weighted by Gasteiger charge is -2.30. The highest BCUT2D eigenvalue weighted by Gasteiger charge is 2.26. The van der Waals surface area contributed by atoms with Crippen LogP contribution in [0.1, 0.15) is 29.3 Å². The van der Waals surface area contributed by atoms with Gasteiger partial charge in [-0.3, -0.25) is 0 Å². The van der Waals surface area contributed by atoms with E-state index in [1.165, 1.54) is 11.3 Å². The minimum absolute atomic E-state index is 0.251. The van der Waals surface area contributed by atoms with Crippen molar-refractivity contribution in [2.75, 3.05) is 18.8 Å². The number of amides is 1. The Morgan fingerprint density at radius 3 is 2.64 bits per heavy atom. The number of nitrogens with two attached hydrogens (primary N) is 1. The van der Waals surface area contributed by atoms with Crippen LogP contribution in [0.4, 0.5) is 9.93 Å². The van der Waals surface area contributed by atoms with Gasteiger partial charge in [0.25, 0.3) is 0 Å². The van der Waals surface area contributed by atoms with Crippen LogP contribution in [0.15, 0.2) is 30.3 Å². The Hall–Kier alpha value is -2.15. The molecular weight excluding hydrogens is 300 g/mol. The Bertz CT molecular complexity index is 623. The molecule has 0 aliphatic carbocycles. The number of benzene rings is 1. The van der Waals surface area contributed by atoms with Crippen molar-refractivity contribution in [3.63, 3.8) is 0 Å². The van der Waals surface area contributed by atoms with E-state index in [0.29, 0.717) is 30.7 Å². The predicted molar refractivity (Wildman–Crippen MR) is 84.5 cm³/mol. The van der Waals surface area contributed by atoms with Crippen LogP contribution in [0.2, 0.25) is 0 Å². The average molecular weight is 318 g/mol. The quantitative estimate of drug-likeness (QED) is 0.941. The van der Waals surface area contributed by atoms with Crippen LogP contribution in [-0.2, 0) is 11.3 Å². The normalized spacial score (nSPS) is 15.7. The van der Waals surface area contributed by atoms with E-state index in [2.05, 4.69) is 10.2 Å². The number of hydrogen-bond acceptors (Lipinski definition) is 6. The molecule has 22 heavy (non-hydrogen) atoms. The molecule has 2 heterocycles. The summed E-state index contributed by atoms with van der Waals surface area (Å²) in [5.41, 5.74) is 6.61. The van der Waals surface area contributed by atoms with Gasteiger partial charge in [-0.1, -0.05) is 41.7 Å². The van der Waals surface area contributed by atoms with Gasteiger partial charge < -0.3 is 15.4 Å². The van der Waals surface area contributed by atoms with Crippen molar-refractivity contribution in [3.05, 3.63) is 40.9 Å². The number of ether oxygens (including phenoxy) is 1. The van der Waals surface area contributed by atoms with Crippen LogP contribution >= 0.6 is 11.3 Å². The molecule has 1 amide bonds. The number of piperidine rings is 1. The van der Waals surface area contributed by atoms with Crippen molar-refractivity contribution in [1.29, 1.82) is 0 Å². The van der Waals surface area contributed by atoms with E-state index in [1.54, 1.807) is 4.90 Å². The summed E-state index contributed by atoms with van der Waals surface area (Å²) in [7, 11) is 0. The Balaban J connectivity index is 1.47. The van der Waals surface area contributed by atoms with Gasteiger partial charge in [0.05, 0.1) is 0 Å². The second-order valence-corrected chi connectivity index (χ2v) is 6.32. The Morgan fingerprint density at radius 1 is 1.27 bits per heavy atom. The first kappa shape index (κ1) is 14.8. The number of aromatic nitrogens is 2. The van der Waals surface area contributed by atoms with Gasteiger partial charge in [-0.05, 0) is 18.4 Å². The number of carbonyl (C=O) groups is 1. The van der Waals surface area contributed by atoms with E-state index in [-0.39, 0.29) is 6.09 Å². The first-order chi connectivity index (χ1) is 10.7. The lowest BCUT2D eigenvalue weighted by atomic mass is 9.98. The molecule has 0 bridgehead atoms. The summed E-state index contributed by atoms with van der Waals surface area (Å²) >= 11 is 1.43. The summed E-state index contributed by atoms with van der Waals surface area (Å²) in [6.45, 7) is 1.67. The van der Waals surface area contributed by atoms with Crippen LogP contribution in [0.25, 0.3) is 0 Å². The van der Waals surface area contributed by atoms with Gasteiger partial charge in [0.2, 0.25) is 5.13 Å². The molecule has 116 valence electrons. The summed E-state index contributed by atoms with van der Waals surface area (Å²) in [5, 5.41) is 9.41. The number of rotatable bonds is 3. The van der Waals surface area contributed by atoms with Crippen LogP contribution in [-0.4, -0.2) is 34.3 Å². The molecule has 2 aromatic rings. The summed E-state index contributed by atoms with van der Waals surface area (Å²) in [5.74, 6) is 0.341. The molecule has 7 heteroatoms. The lowest BCUT2D eigenvalue weighted by Crippen LogP contribution is -2.38. The minimum Gasteiger partial charge on any atom is -0.445 e. The number of carbonyl (C=O) groups excluding carboxylic acids is 1. The molecule has 1 saturated heterocycles. The summed E-state index contributed by atoms with van der Waals surface area (Å²) in [6.07, 6.45) is 1.49. The predicted octanol–water partition coefficient (Wildman–Crippen LogP) is 2.64. The number of anilines is 1. The van der Waals surface area contributed by atoms with Crippen molar-refractivity contribution in [3.8, 4) is 0 Å². The van der Waals surface area contributed by atoms with Gasteiger partial charge in [-0.2, -0.15) is 0 Å². The number of likely N-dealkylation sites (tertiary alicyclic amines) is 1. The zero-order valence-corrected chi connectivity index (χ0v) is 13.0. The van der Waals surface area contributed by atoms with E-state index >= 15 is 0 Å². The molecule has 0 atom stereocenters. The molecule has 2 N–H and O–H groups in total. The maximum atomic E-state index is 12.1. The highest BCUT2D eigenvalue weighted by molar-refractivity contribution is 7.15.